The zero-order valence-electron chi connectivity index (χ0n) is 17.0. The molecule has 0 aromatic carbocycles. The normalized spacial score (nSPS) is 26.5. The number of likely N-dealkylation sites (tertiary alicyclic amines) is 2. The number of alkyl halides is 2. The van der Waals surface area contributed by atoms with Crippen LogP contribution < -0.4 is 0 Å². The topological polar surface area (TPSA) is 19.4 Å². The smallest absolute Gasteiger partial charge is 0.248 e. The van der Waals surface area contributed by atoms with Gasteiger partial charge in [-0.3, -0.25) is 9.88 Å². The number of aromatic nitrogens is 1. The van der Waals surface area contributed by atoms with E-state index in [0.717, 1.165) is 24.9 Å². The first kappa shape index (κ1) is 20.2. The zero-order valence-corrected chi connectivity index (χ0v) is 17.0. The molecule has 0 atom stereocenters. The second-order valence-corrected chi connectivity index (χ2v) is 9.41. The van der Waals surface area contributed by atoms with Crippen LogP contribution in [0.4, 0.5) is 8.78 Å². The van der Waals surface area contributed by atoms with Crippen LogP contribution in [0.5, 0.6) is 0 Å². The Balaban J connectivity index is 1.15. The summed E-state index contributed by atoms with van der Waals surface area (Å²) in [6.45, 7) is 6.87. The molecule has 1 aromatic heterocycles. The lowest BCUT2D eigenvalue weighted by Crippen LogP contribution is -2.42. The summed E-state index contributed by atoms with van der Waals surface area (Å²) in [7, 11) is 0. The summed E-state index contributed by atoms with van der Waals surface area (Å²) >= 11 is 0. The van der Waals surface area contributed by atoms with Gasteiger partial charge in [0.25, 0.3) is 0 Å². The van der Waals surface area contributed by atoms with E-state index in [9.17, 15) is 8.78 Å². The molecule has 0 bridgehead atoms. The number of rotatable bonds is 5. The lowest BCUT2D eigenvalue weighted by Gasteiger charge is -2.41. The van der Waals surface area contributed by atoms with Crippen LogP contribution in [0.1, 0.15) is 56.9 Å². The van der Waals surface area contributed by atoms with Crippen LogP contribution in [0.3, 0.4) is 0 Å². The molecule has 0 radical (unpaired) electrons. The highest BCUT2D eigenvalue weighted by molar-refractivity contribution is 5.09. The number of nitrogens with zero attached hydrogens (tertiary/aromatic N) is 3. The molecule has 4 rings (SSSR count). The minimum absolute atomic E-state index is 0.103. The molecule has 0 spiro atoms. The van der Waals surface area contributed by atoms with Crippen molar-refractivity contribution in [3.63, 3.8) is 0 Å². The first-order valence-electron chi connectivity index (χ1n) is 11.3. The molecule has 28 heavy (non-hydrogen) atoms. The Hall–Kier alpha value is -1.07. The fourth-order valence-electron chi connectivity index (χ4n) is 5.58. The molecule has 1 saturated carbocycles. The highest BCUT2D eigenvalue weighted by atomic mass is 19.3. The maximum absolute atomic E-state index is 13.3. The SMILES string of the molecule is FC1(F)CCC(CN2CCC(C3CCN(Cc4ccncc4)CC3)CC2)CC1. The van der Waals surface area contributed by atoms with E-state index in [-0.39, 0.29) is 12.8 Å². The van der Waals surface area contributed by atoms with Crippen LogP contribution in [-0.2, 0) is 6.54 Å². The zero-order chi connectivity index (χ0) is 19.4. The lowest BCUT2D eigenvalue weighted by molar-refractivity contribution is -0.0500. The Morgan fingerprint density at radius 3 is 1.93 bits per heavy atom. The van der Waals surface area contributed by atoms with Gasteiger partial charge in [-0.2, -0.15) is 0 Å². The van der Waals surface area contributed by atoms with Gasteiger partial charge in [0.1, 0.15) is 0 Å². The Kier molecular flexibility index (Phi) is 6.62. The van der Waals surface area contributed by atoms with E-state index in [1.807, 2.05) is 12.4 Å². The summed E-state index contributed by atoms with van der Waals surface area (Å²) < 4.78 is 26.7. The van der Waals surface area contributed by atoms with Crippen molar-refractivity contribution in [2.75, 3.05) is 32.7 Å². The molecular formula is C23H35F2N3. The minimum Gasteiger partial charge on any atom is -0.303 e. The van der Waals surface area contributed by atoms with E-state index in [4.69, 9.17) is 0 Å². The number of piperidine rings is 2. The Labute approximate surface area is 168 Å². The van der Waals surface area contributed by atoms with Crippen molar-refractivity contribution in [2.45, 2.75) is 63.8 Å². The van der Waals surface area contributed by atoms with Crippen LogP contribution in [0.15, 0.2) is 24.5 Å². The molecule has 5 heteroatoms. The van der Waals surface area contributed by atoms with Crippen molar-refractivity contribution in [1.29, 1.82) is 0 Å². The van der Waals surface area contributed by atoms with Crippen molar-refractivity contribution in [3.8, 4) is 0 Å². The maximum Gasteiger partial charge on any atom is 0.248 e. The van der Waals surface area contributed by atoms with Gasteiger partial charge < -0.3 is 4.90 Å². The third-order valence-electron chi connectivity index (χ3n) is 7.44. The Morgan fingerprint density at radius 1 is 0.821 bits per heavy atom. The number of pyridine rings is 1. The molecule has 1 aromatic rings. The molecule has 0 N–H and O–H groups in total. The molecule has 2 aliphatic heterocycles. The molecule has 0 unspecified atom stereocenters. The molecule has 2 saturated heterocycles. The van der Waals surface area contributed by atoms with Gasteiger partial charge in [-0.1, -0.05) is 0 Å². The lowest BCUT2D eigenvalue weighted by atomic mass is 9.78. The third kappa shape index (κ3) is 5.50. The first-order chi connectivity index (χ1) is 13.6. The summed E-state index contributed by atoms with van der Waals surface area (Å²) in [6, 6.07) is 4.24. The summed E-state index contributed by atoms with van der Waals surface area (Å²) in [6.07, 6.45) is 10.7. The summed E-state index contributed by atoms with van der Waals surface area (Å²) in [5, 5.41) is 0. The highest BCUT2D eigenvalue weighted by Crippen LogP contribution is 2.37. The molecule has 3 fully saturated rings. The third-order valence-corrected chi connectivity index (χ3v) is 7.44. The monoisotopic (exact) mass is 391 g/mol. The fourth-order valence-corrected chi connectivity index (χ4v) is 5.58. The van der Waals surface area contributed by atoms with Crippen molar-refractivity contribution < 1.29 is 8.78 Å². The van der Waals surface area contributed by atoms with Gasteiger partial charge in [0.15, 0.2) is 0 Å². The Morgan fingerprint density at radius 2 is 1.36 bits per heavy atom. The maximum atomic E-state index is 13.3. The van der Waals surface area contributed by atoms with Crippen LogP contribution in [0.25, 0.3) is 0 Å². The quantitative estimate of drug-likeness (QED) is 0.717. The second-order valence-electron chi connectivity index (χ2n) is 9.41. The Bertz CT molecular complexity index is 583. The fraction of sp³-hybridized carbons (Fsp3) is 0.783. The van der Waals surface area contributed by atoms with Gasteiger partial charge >= 0.3 is 0 Å². The van der Waals surface area contributed by atoms with Gasteiger partial charge in [-0.15, -0.1) is 0 Å². The van der Waals surface area contributed by atoms with E-state index in [1.165, 1.54) is 57.4 Å². The number of halogens is 2. The van der Waals surface area contributed by atoms with E-state index in [0.29, 0.717) is 18.8 Å². The van der Waals surface area contributed by atoms with Crippen molar-refractivity contribution in [1.82, 2.24) is 14.8 Å². The van der Waals surface area contributed by atoms with Crippen molar-refractivity contribution in [2.24, 2.45) is 17.8 Å². The highest BCUT2D eigenvalue weighted by Gasteiger charge is 2.36. The van der Waals surface area contributed by atoms with E-state index in [1.54, 1.807) is 0 Å². The molecule has 3 heterocycles. The van der Waals surface area contributed by atoms with Gasteiger partial charge in [-0.25, -0.2) is 8.78 Å². The van der Waals surface area contributed by atoms with Gasteiger partial charge in [0, 0.05) is 38.3 Å². The second kappa shape index (κ2) is 9.17. The van der Waals surface area contributed by atoms with E-state index < -0.39 is 5.92 Å². The van der Waals surface area contributed by atoms with Crippen LogP contribution in [-0.4, -0.2) is 53.4 Å². The molecular weight excluding hydrogens is 356 g/mol. The molecule has 156 valence electrons. The van der Waals surface area contributed by atoms with E-state index in [2.05, 4.69) is 26.9 Å². The van der Waals surface area contributed by atoms with Crippen molar-refractivity contribution >= 4 is 0 Å². The molecule has 3 nitrogen and oxygen atoms in total. The minimum atomic E-state index is -2.39. The predicted molar refractivity (Wildman–Crippen MR) is 108 cm³/mol. The number of hydrogen-bond donors (Lipinski definition) is 0. The average molecular weight is 392 g/mol. The predicted octanol–water partition coefficient (Wildman–Crippen LogP) is 4.83. The van der Waals surface area contributed by atoms with Crippen LogP contribution in [0.2, 0.25) is 0 Å². The average Bonchev–Trinajstić information content (AvgIpc) is 2.72. The summed E-state index contributed by atoms with van der Waals surface area (Å²) in [4.78, 5) is 9.25. The summed E-state index contributed by atoms with van der Waals surface area (Å²) in [5.41, 5.74) is 1.36. The molecule has 1 aliphatic carbocycles. The molecule has 3 aliphatic rings. The first-order valence-corrected chi connectivity index (χ1v) is 11.3. The van der Waals surface area contributed by atoms with Crippen LogP contribution in [0, 0.1) is 17.8 Å². The van der Waals surface area contributed by atoms with Gasteiger partial charge in [0.05, 0.1) is 0 Å². The largest absolute Gasteiger partial charge is 0.303 e. The summed E-state index contributed by atoms with van der Waals surface area (Å²) in [5.74, 6) is -0.151. The standard InChI is InChI=1S/C23H35F2N3/c24-23(25)9-1-19(2-10-23)17-27-13-5-21(6-14-27)22-7-15-28(16-8-22)18-20-3-11-26-12-4-20/h3-4,11-12,19,21-22H,1-2,5-10,13-18H2. The van der Waals surface area contributed by atoms with Gasteiger partial charge in [0.2, 0.25) is 5.92 Å². The van der Waals surface area contributed by atoms with Gasteiger partial charge in [-0.05, 0) is 100 Å². The molecule has 0 amide bonds. The van der Waals surface area contributed by atoms with Crippen molar-refractivity contribution in [3.05, 3.63) is 30.1 Å². The van der Waals surface area contributed by atoms with E-state index >= 15 is 0 Å². The van der Waals surface area contributed by atoms with Crippen LogP contribution >= 0.6 is 0 Å². The number of hydrogen-bond acceptors (Lipinski definition) is 3.